The monoisotopic (exact) mass is 262 g/mol. The summed E-state index contributed by atoms with van der Waals surface area (Å²) in [6.45, 7) is 2.65. The van der Waals surface area contributed by atoms with Crippen molar-refractivity contribution in [2.24, 2.45) is 0 Å². The first-order valence-corrected chi connectivity index (χ1v) is 6.49. The Morgan fingerprint density at radius 1 is 1.15 bits per heavy atom. The van der Waals surface area contributed by atoms with E-state index in [2.05, 4.69) is 17.5 Å². The van der Waals surface area contributed by atoms with Crippen LogP contribution in [0.15, 0.2) is 52.9 Å². The van der Waals surface area contributed by atoms with Gasteiger partial charge in [0.1, 0.15) is 11.3 Å². The van der Waals surface area contributed by atoms with Crippen molar-refractivity contribution in [3.63, 3.8) is 0 Å². The zero-order valence-corrected chi connectivity index (χ0v) is 11.2. The average Bonchev–Trinajstić information content (AvgIpc) is 2.81. The van der Waals surface area contributed by atoms with E-state index in [1.165, 1.54) is 0 Å². The van der Waals surface area contributed by atoms with E-state index < -0.39 is 0 Å². The molecule has 1 aromatic heterocycles. The number of hydrogen-bond donors (Lipinski definition) is 1. The summed E-state index contributed by atoms with van der Waals surface area (Å²) in [7, 11) is 0. The van der Waals surface area contributed by atoms with Crippen molar-refractivity contribution in [2.45, 2.75) is 13.5 Å². The zero-order valence-electron chi connectivity index (χ0n) is 11.2. The molecule has 0 unspecified atom stereocenters. The Morgan fingerprint density at radius 3 is 2.85 bits per heavy atom. The van der Waals surface area contributed by atoms with Gasteiger partial charge in [0.25, 0.3) is 0 Å². The van der Waals surface area contributed by atoms with Gasteiger partial charge in [-0.1, -0.05) is 24.3 Å². The molecule has 0 saturated carbocycles. The highest BCUT2D eigenvalue weighted by Crippen LogP contribution is 2.26. The van der Waals surface area contributed by atoms with Crippen molar-refractivity contribution in [1.29, 1.82) is 5.26 Å². The highest BCUT2D eigenvalue weighted by Gasteiger charge is 2.09. The maximum Gasteiger partial charge on any atom is 0.134 e. The standard InChI is InChI=1S/C17H14N2O/c1-12-16(15-7-2-3-8-17(15)20-12)11-19-14-6-4-5-13(9-14)10-18/h2-9,19H,11H2,1H3. The van der Waals surface area contributed by atoms with Crippen LogP contribution < -0.4 is 5.32 Å². The number of furan rings is 1. The third-order valence-electron chi connectivity index (χ3n) is 3.36. The highest BCUT2D eigenvalue weighted by atomic mass is 16.3. The van der Waals surface area contributed by atoms with Crippen LogP contribution >= 0.6 is 0 Å². The van der Waals surface area contributed by atoms with Crippen LogP contribution in [0.3, 0.4) is 0 Å². The van der Waals surface area contributed by atoms with E-state index >= 15 is 0 Å². The molecule has 0 bridgehead atoms. The first kappa shape index (κ1) is 12.3. The lowest BCUT2D eigenvalue weighted by Gasteiger charge is -2.06. The maximum absolute atomic E-state index is 8.91. The fourth-order valence-electron chi connectivity index (χ4n) is 2.33. The number of nitrogens with zero attached hydrogens (tertiary/aromatic N) is 1. The molecule has 3 aromatic rings. The van der Waals surface area contributed by atoms with E-state index in [-0.39, 0.29) is 0 Å². The summed E-state index contributed by atoms with van der Waals surface area (Å²) >= 11 is 0. The molecule has 0 amide bonds. The number of anilines is 1. The Labute approximate surface area is 117 Å². The van der Waals surface area contributed by atoms with Crippen molar-refractivity contribution >= 4 is 16.7 Å². The lowest BCUT2D eigenvalue weighted by Crippen LogP contribution is -2.00. The third-order valence-corrected chi connectivity index (χ3v) is 3.36. The molecule has 0 radical (unpaired) electrons. The van der Waals surface area contributed by atoms with Gasteiger partial charge in [0.15, 0.2) is 0 Å². The fraction of sp³-hybridized carbons (Fsp3) is 0.118. The van der Waals surface area contributed by atoms with Crippen LogP contribution in [-0.2, 0) is 6.54 Å². The number of nitrogens with one attached hydrogen (secondary N) is 1. The lowest BCUT2D eigenvalue weighted by molar-refractivity contribution is 0.573. The van der Waals surface area contributed by atoms with Crippen LogP contribution in [0.4, 0.5) is 5.69 Å². The Kier molecular flexibility index (Phi) is 3.14. The Balaban J connectivity index is 1.87. The molecule has 0 spiro atoms. The molecule has 0 aliphatic carbocycles. The van der Waals surface area contributed by atoms with Crippen molar-refractivity contribution in [3.05, 3.63) is 65.4 Å². The van der Waals surface area contributed by atoms with Crippen molar-refractivity contribution in [3.8, 4) is 6.07 Å². The molecule has 3 rings (SSSR count). The number of benzene rings is 2. The summed E-state index contributed by atoms with van der Waals surface area (Å²) in [5, 5.41) is 13.4. The normalized spacial score (nSPS) is 10.4. The van der Waals surface area contributed by atoms with E-state index in [0.717, 1.165) is 28.0 Å². The van der Waals surface area contributed by atoms with Crippen LogP contribution in [-0.4, -0.2) is 0 Å². The van der Waals surface area contributed by atoms with Gasteiger partial charge in [0.05, 0.1) is 11.6 Å². The SMILES string of the molecule is Cc1oc2ccccc2c1CNc1cccc(C#N)c1. The largest absolute Gasteiger partial charge is 0.461 e. The molecular formula is C17H14N2O. The first-order chi connectivity index (χ1) is 9.78. The van der Waals surface area contributed by atoms with Gasteiger partial charge in [-0.15, -0.1) is 0 Å². The number of rotatable bonds is 3. The molecule has 0 fully saturated rings. The van der Waals surface area contributed by atoms with Crippen molar-refractivity contribution < 1.29 is 4.42 Å². The minimum absolute atomic E-state index is 0.656. The predicted molar refractivity (Wildman–Crippen MR) is 79.4 cm³/mol. The Bertz CT molecular complexity index is 796. The Hall–Kier alpha value is -2.73. The number of para-hydroxylation sites is 1. The molecule has 0 saturated heterocycles. The van der Waals surface area contributed by atoms with E-state index in [4.69, 9.17) is 9.68 Å². The minimum Gasteiger partial charge on any atom is -0.461 e. The minimum atomic E-state index is 0.656. The van der Waals surface area contributed by atoms with Crippen molar-refractivity contribution in [1.82, 2.24) is 0 Å². The Morgan fingerprint density at radius 2 is 2.00 bits per heavy atom. The van der Waals surface area contributed by atoms with E-state index in [1.807, 2.05) is 43.3 Å². The molecule has 0 atom stereocenters. The average molecular weight is 262 g/mol. The summed E-state index contributed by atoms with van der Waals surface area (Å²) in [4.78, 5) is 0. The second-order valence-electron chi connectivity index (χ2n) is 4.68. The van der Waals surface area contributed by atoms with Gasteiger partial charge in [-0.3, -0.25) is 0 Å². The first-order valence-electron chi connectivity index (χ1n) is 6.49. The summed E-state index contributed by atoms with van der Waals surface area (Å²) < 4.78 is 5.74. The summed E-state index contributed by atoms with van der Waals surface area (Å²) in [6.07, 6.45) is 0. The van der Waals surface area contributed by atoms with Crippen LogP contribution in [0.2, 0.25) is 0 Å². The van der Waals surface area contributed by atoms with E-state index in [9.17, 15) is 0 Å². The third kappa shape index (κ3) is 2.24. The van der Waals surface area contributed by atoms with Gasteiger partial charge >= 0.3 is 0 Å². The lowest BCUT2D eigenvalue weighted by atomic mass is 10.1. The van der Waals surface area contributed by atoms with Gasteiger partial charge < -0.3 is 9.73 Å². The smallest absolute Gasteiger partial charge is 0.134 e. The predicted octanol–water partition coefficient (Wildman–Crippen LogP) is 4.23. The molecule has 0 aliphatic heterocycles. The van der Waals surface area contributed by atoms with E-state index in [0.29, 0.717) is 12.1 Å². The zero-order chi connectivity index (χ0) is 13.9. The van der Waals surface area contributed by atoms with Gasteiger partial charge in [-0.25, -0.2) is 0 Å². The summed E-state index contributed by atoms with van der Waals surface area (Å²) in [5.74, 6) is 0.926. The number of nitriles is 1. The molecule has 98 valence electrons. The molecule has 1 N–H and O–H groups in total. The molecule has 0 aliphatic rings. The number of fused-ring (bicyclic) bond motifs is 1. The molecule has 2 aromatic carbocycles. The summed E-state index contributed by atoms with van der Waals surface area (Å²) in [6, 6.07) is 17.6. The molecular weight excluding hydrogens is 248 g/mol. The van der Waals surface area contributed by atoms with Gasteiger partial charge in [-0.2, -0.15) is 5.26 Å². The van der Waals surface area contributed by atoms with Crippen LogP contribution in [0, 0.1) is 18.3 Å². The van der Waals surface area contributed by atoms with Crippen molar-refractivity contribution in [2.75, 3.05) is 5.32 Å². The summed E-state index contributed by atoms with van der Waals surface area (Å²) in [5.41, 5.74) is 3.66. The second kappa shape index (κ2) is 5.10. The quantitative estimate of drug-likeness (QED) is 0.768. The van der Waals surface area contributed by atoms with E-state index in [1.54, 1.807) is 6.07 Å². The maximum atomic E-state index is 8.91. The molecule has 20 heavy (non-hydrogen) atoms. The van der Waals surface area contributed by atoms with Gasteiger partial charge in [-0.05, 0) is 31.2 Å². The van der Waals surface area contributed by atoms with Gasteiger partial charge in [0.2, 0.25) is 0 Å². The molecule has 3 nitrogen and oxygen atoms in total. The van der Waals surface area contributed by atoms with Gasteiger partial charge in [0, 0.05) is 23.2 Å². The molecule has 1 heterocycles. The van der Waals surface area contributed by atoms with Crippen LogP contribution in [0.1, 0.15) is 16.9 Å². The number of hydrogen-bond acceptors (Lipinski definition) is 3. The van der Waals surface area contributed by atoms with Crippen LogP contribution in [0.25, 0.3) is 11.0 Å². The number of aryl methyl sites for hydroxylation is 1. The van der Waals surface area contributed by atoms with Crippen LogP contribution in [0.5, 0.6) is 0 Å². The topological polar surface area (TPSA) is 49.0 Å². The highest BCUT2D eigenvalue weighted by molar-refractivity contribution is 5.82. The fourth-order valence-corrected chi connectivity index (χ4v) is 2.33. The molecule has 3 heteroatoms. The second-order valence-corrected chi connectivity index (χ2v) is 4.68.